The van der Waals surface area contributed by atoms with E-state index in [9.17, 15) is 13.2 Å². The number of pyridine rings is 1. The van der Waals surface area contributed by atoms with E-state index in [0.29, 0.717) is 43.6 Å². The Bertz CT molecular complexity index is 1060. The zero-order valence-corrected chi connectivity index (χ0v) is 19.6. The lowest BCUT2D eigenvalue weighted by atomic mass is 10.0. The van der Waals surface area contributed by atoms with Crippen molar-refractivity contribution in [3.8, 4) is 0 Å². The van der Waals surface area contributed by atoms with Crippen molar-refractivity contribution >= 4 is 21.7 Å². The molecule has 2 aromatic heterocycles. The molecule has 1 aliphatic heterocycles. The van der Waals surface area contributed by atoms with E-state index < -0.39 is 10.0 Å². The van der Waals surface area contributed by atoms with Gasteiger partial charge in [0.05, 0.1) is 0 Å². The first-order chi connectivity index (χ1) is 15.3. The normalized spacial score (nSPS) is 22.1. The number of hydrogen-bond acceptors (Lipinski definition) is 7. The molecule has 4 rings (SSSR count). The van der Waals surface area contributed by atoms with Crippen molar-refractivity contribution in [2.24, 2.45) is 5.92 Å². The van der Waals surface area contributed by atoms with Gasteiger partial charge in [0.15, 0.2) is 5.69 Å². The highest BCUT2D eigenvalue weighted by atomic mass is 32.2. The second-order valence-electron chi connectivity index (χ2n) is 9.17. The third kappa shape index (κ3) is 4.96. The van der Waals surface area contributed by atoms with Crippen molar-refractivity contribution in [1.82, 2.24) is 19.8 Å². The lowest BCUT2D eigenvalue weighted by Gasteiger charge is -2.37. The molecule has 0 radical (unpaired) electrons. The SMILES string of the molecule is CC(C)CNc1ncccc1S(=O)(=O)N1CC[C@H](NC(=O)c2cc(C3CC3)on2)C[C@@H]1C. The number of nitrogens with zero attached hydrogens (tertiary/aromatic N) is 3. The Morgan fingerprint density at radius 1 is 1.31 bits per heavy atom. The van der Waals surface area contributed by atoms with Crippen molar-refractivity contribution in [3.05, 3.63) is 35.9 Å². The summed E-state index contributed by atoms with van der Waals surface area (Å²) in [6.45, 7) is 6.93. The first kappa shape index (κ1) is 22.7. The molecule has 2 N–H and O–H groups in total. The van der Waals surface area contributed by atoms with Crippen LogP contribution in [0.25, 0.3) is 0 Å². The summed E-state index contributed by atoms with van der Waals surface area (Å²) in [5.74, 6) is 1.62. The Morgan fingerprint density at radius 2 is 2.09 bits per heavy atom. The molecule has 2 atom stereocenters. The first-order valence-electron chi connectivity index (χ1n) is 11.2. The maximum atomic E-state index is 13.4. The van der Waals surface area contributed by atoms with Crippen LogP contribution in [-0.2, 0) is 10.0 Å². The standard InChI is InChI=1S/C22H31N5O4S/c1-14(2)13-24-21-20(5-4-9-23-21)32(29,30)27-10-8-17(11-15(27)3)25-22(28)18-12-19(31-26-18)16-6-7-16/h4-5,9,12,14-17H,6-8,10-11,13H2,1-3H3,(H,23,24)(H,25,28)/t15-,17-/m0/s1. The Labute approximate surface area is 189 Å². The molecule has 0 bridgehead atoms. The molecule has 32 heavy (non-hydrogen) atoms. The van der Waals surface area contributed by atoms with E-state index in [0.717, 1.165) is 18.6 Å². The highest BCUT2D eigenvalue weighted by molar-refractivity contribution is 7.89. The average molecular weight is 462 g/mol. The minimum Gasteiger partial charge on any atom is -0.369 e. The van der Waals surface area contributed by atoms with Crippen LogP contribution in [0, 0.1) is 5.92 Å². The quantitative estimate of drug-likeness (QED) is 0.620. The van der Waals surface area contributed by atoms with Crippen LogP contribution in [0.5, 0.6) is 0 Å². The zero-order valence-electron chi connectivity index (χ0n) is 18.7. The fourth-order valence-electron chi connectivity index (χ4n) is 4.01. The molecule has 1 saturated heterocycles. The summed E-state index contributed by atoms with van der Waals surface area (Å²) in [5, 5.41) is 10.0. The molecule has 1 aliphatic carbocycles. The largest absolute Gasteiger partial charge is 0.369 e. The van der Waals surface area contributed by atoms with E-state index in [4.69, 9.17) is 4.52 Å². The van der Waals surface area contributed by atoms with Gasteiger partial charge in [-0.15, -0.1) is 0 Å². The molecule has 1 saturated carbocycles. The van der Waals surface area contributed by atoms with Crippen molar-refractivity contribution in [2.75, 3.05) is 18.4 Å². The third-order valence-corrected chi connectivity index (χ3v) is 7.97. The highest BCUT2D eigenvalue weighted by Crippen LogP contribution is 2.40. The molecular weight excluding hydrogens is 430 g/mol. The summed E-state index contributed by atoms with van der Waals surface area (Å²) in [5.41, 5.74) is 0.283. The number of carbonyl (C=O) groups excluding carboxylic acids is 1. The second-order valence-corrected chi connectivity index (χ2v) is 11.0. The Kier molecular flexibility index (Phi) is 6.52. The average Bonchev–Trinajstić information content (AvgIpc) is 3.48. The summed E-state index contributed by atoms with van der Waals surface area (Å²) < 4.78 is 33.6. The summed E-state index contributed by atoms with van der Waals surface area (Å²) in [6, 6.07) is 4.55. The van der Waals surface area contributed by atoms with E-state index in [2.05, 4.69) is 34.6 Å². The Balaban J connectivity index is 1.41. The summed E-state index contributed by atoms with van der Waals surface area (Å²) in [7, 11) is -3.72. The van der Waals surface area contributed by atoms with Crippen molar-refractivity contribution in [2.45, 2.75) is 69.4 Å². The number of anilines is 1. The fourth-order valence-corrected chi connectivity index (χ4v) is 5.79. The fraction of sp³-hybridized carbons (Fsp3) is 0.591. The van der Waals surface area contributed by atoms with Crippen LogP contribution in [0.15, 0.2) is 33.8 Å². The van der Waals surface area contributed by atoms with Crippen LogP contribution >= 0.6 is 0 Å². The molecule has 1 amide bonds. The monoisotopic (exact) mass is 461 g/mol. The van der Waals surface area contributed by atoms with E-state index >= 15 is 0 Å². The van der Waals surface area contributed by atoms with Crippen molar-refractivity contribution in [3.63, 3.8) is 0 Å². The van der Waals surface area contributed by atoms with Gasteiger partial charge in [-0.1, -0.05) is 19.0 Å². The number of hydrogen-bond donors (Lipinski definition) is 2. The van der Waals surface area contributed by atoms with Crippen LogP contribution in [0.2, 0.25) is 0 Å². The molecule has 0 unspecified atom stereocenters. The molecule has 9 nitrogen and oxygen atoms in total. The van der Waals surface area contributed by atoms with Gasteiger partial charge in [-0.2, -0.15) is 4.31 Å². The molecule has 174 valence electrons. The number of sulfonamides is 1. The minimum absolute atomic E-state index is 0.127. The van der Waals surface area contributed by atoms with Crippen molar-refractivity contribution < 1.29 is 17.7 Å². The van der Waals surface area contributed by atoms with Gasteiger partial charge in [0.25, 0.3) is 5.91 Å². The topological polar surface area (TPSA) is 117 Å². The van der Waals surface area contributed by atoms with E-state index in [-0.39, 0.29) is 28.6 Å². The second kappa shape index (κ2) is 9.19. The third-order valence-electron chi connectivity index (χ3n) is 5.93. The van der Waals surface area contributed by atoms with Gasteiger partial charge in [-0.25, -0.2) is 13.4 Å². The minimum atomic E-state index is -3.72. The number of piperidine rings is 1. The number of amides is 1. The summed E-state index contributed by atoms with van der Waals surface area (Å²) in [4.78, 5) is 17.0. The number of aromatic nitrogens is 2. The Morgan fingerprint density at radius 3 is 2.78 bits per heavy atom. The summed E-state index contributed by atoms with van der Waals surface area (Å²) in [6.07, 6.45) is 4.79. The maximum Gasteiger partial charge on any atom is 0.273 e. The van der Waals surface area contributed by atoms with Gasteiger partial charge in [-0.05, 0) is 50.7 Å². The van der Waals surface area contributed by atoms with E-state index in [1.54, 1.807) is 24.4 Å². The molecule has 2 aromatic rings. The first-order valence-corrected chi connectivity index (χ1v) is 12.7. The van der Waals surface area contributed by atoms with E-state index in [1.165, 1.54) is 4.31 Å². The van der Waals surface area contributed by atoms with Crippen LogP contribution in [0.3, 0.4) is 0 Å². The zero-order chi connectivity index (χ0) is 22.9. The number of rotatable bonds is 8. The highest BCUT2D eigenvalue weighted by Gasteiger charge is 2.37. The molecule has 2 fully saturated rings. The predicted molar refractivity (Wildman–Crippen MR) is 120 cm³/mol. The van der Waals surface area contributed by atoms with Crippen molar-refractivity contribution in [1.29, 1.82) is 0 Å². The Hall–Kier alpha value is -2.46. The van der Waals surface area contributed by atoms with Gasteiger partial charge >= 0.3 is 0 Å². The summed E-state index contributed by atoms with van der Waals surface area (Å²) >= 11 is 0. The van der Waals surface area contributed by atoms with Crippen LogP contribution in [0.1, 0.15) is 68.6 Å². The molecule has 0 aromatic carbocycles. The smallest absolute Gasteiger partial charge is 0.273 e. The van der Waals surface area contributed by atoms with Gasteiger partial charge < -0.3 is 15.2 Å². The van der Waals surface area contributed by atoms with Gasteiger partial charge in [-0.3, -0.25) is 4.79 Å². The molecule has 2 aliphatic rings. The predicted octanol–water partition coefficient (Wildman–Crippen LogP) is 2.99. The molecule has 0 spiro atoms. The lowest BCUT2D eigenvalue weighted by molar-refractivity contribution is 0.0905. The van der Waals surface area contributed by atoms with Crippen LogP contribution < -0.4 is 10.6 Å². The number of carbonyl (C=O) groups is 1. The van der Waals surface area contributed by atoms with Gasteiger partial charge in [0.2, 0.25) is 10.0 Å². The molecule has 10 heteroatoms. The maximum absolute atomic E-state index is 13.4. The van der Waals surface area contributed by atoms with Crippen LogP contribution in [0.4, 0.5) is 5.82 Å². The van der Waals surface area contributed by atoms with E-state index in [1.807, 2.05) is 6.92 Å². The molecular formula is C22H31N5O4S. The lowest BCUT2D eigenvalue weighted by Crippen LogP contribution is -2.50. The molecule has 3 heterocycles. The van der Waals surface area contributed by atoms with Gasteiger partial charge in [0, 0.05) is 43.4 Å². The van der Waals surface area contributed by atoms with Gasteiger partial charge in [0.1, 0.15) is 16.5 Å². The number of nitrogens with one attached hydrogen (secondary N) is 2. The van der Waals surface area contributed by atoms with Crippen LogP contribution in [-0.4, -0.2) is 53.9 Å².